The van der Waals surface area contributed by atoms with Gasteiger partial charge in [-0.3, -0.25) is 0 Å². The lowest BCUT2D eigenvalue weighted by Gasteiger charge is -2.22. The fourth-order valence-electron chi connectivity index (χ4n) is 0.618. The molecule has 0 radical (unpaired) electrons. The molecule has 0 spiro atoms. The van der Waals surface area contributed by atoms with E-state index in [1.807, 2.05) is 0 Å². The van der Waals surface area contributed by atoms with Crippen molar-refractivity contribution >= 4 is 6.29 Å². The lowest BCUT2D eigenvalue weighted by molar-refractivity contribution is -0.136. The fourth-order valence-corrected chi connectivity index (χ4v) is 0.618. The minimum absolute atomic E-state index is 0.0258. The van der Waals surface area contributed by atoms with Crippen LogP contribution in [0.15, 0.2) is 0 Å². The molecule has 0 aliphatic carbocycles. The fraction of sp³-hybridized carbons (Fsp3) is 0.833. The van der Waals surface area contributed by atoms with Gasteiger partial charge in [0.25, 0.3) is 0 Å². The third-order valence-corrected chi connectivity index (χ3v) is 1.42. The van der Waals surface area contributed by atoms with Gasteiger partial charge >= 0.3 is 0 Å². The molecule has 0 heterocycles. The minimum Gasteiger partial charge on any atom is -0.394 e. The summed E-state index contributed by atoms with van der Waals surface area (Å²) in [5.74, 6) is 0. The number of hydrogen-bond donors (Lipinski definition) is 5. The molecule has 4 atom stereocenters. The third kappa shape index (κ3) is 2.84. The van der Waals surface area contributed by atoms with Crippen molar-refractivity contribution in [3.63, 3.8) is 0 Å². The molecule has 0 rings (SSSR count). The summed E-state index contributed by atoms with van der Waals surface area (Å²) < 4.78 is 0. The van der Waals surface area contributed by atoms with E-state index in [0.717, 1.165) is 0 Å². The van der Waals surface area contributed by atoms with Crippen molar-refractivity contribution in [3.05, 3.63) is 0 Å². The zero-order valence-corrected chi connectivity index (χ0v) is 6.24. The Morgan fingerprint density at radius 1 is 1.08 bits per heavy atom. The molecule has 0 aromatic carbocycles. The Balaban J connectivity index is 4.07. The predicted octanol–water partition coefficient (Wildman–Crippen LogP) is -3.38. The zero-order valence-electron chi connectivity index (χ0n) is 6.24. The molecule has 0 bridgehead atoms. The van der Waals surface area contributed by atoms with Crippen LogP contribution in [0.5, 0.6) is 0 Å². The minimum atomic E-state index is -1.79. The molecule has 6 nitrogen and oxygen atoms in total. The molecular formula is C6H12O6. The summed E-state index contributed by atoms with van der Waals surface area (Å²) in [5, 5.41) is 43.5. The molecule has 3 unspecified atom stereocenters. The molecule has 0 saturated carbocycles. The van der Waals surface area contributed by atoms with Crippen LogP contribution in [-0.2, 0) is 4.79 Å². The average molecular weight is 180 g/mol. The summed E-state index contributed by atoms with van der Waals surface area (Å²) in [6, 6.07) is 0. The van der Waals surface area contributed by atoms with Crippen molar-refractivity contribution in [2.45, 2.75) is 24.4 Å². The highest BCUT2D eigenvalue weighted by Gasteiger charge is 2.29. The second kappa shape index (κ2) is 5.18. The first-order valence-electron chi connectivity index (χ1n) is 3.33. The van der Waals surface area contributed by atoms with Crippen LogP contribution in [0, 0.1) is 0 Å². The Bertz CT molecular complexity index is 138. The smallest absolute Gasteiger partial charge is 0.151 e. The third-order valence-electron chi connectivity index (χ3n) is 1.42. The molecule has 0 saturated heterocycles. The zero-order chi connectivity index (χ0) is 9.72. The highest BCUT2D eigenvalue weighted by atomic mass is 16.4. The van der Waals surface area contributed by atoms with Gasteiger partial charge in [0.05, 0.1) is 6.61 Å². The molecule has 5 N–H and O–H groups in total. The molecule has 0 aliphatic heterocycles. The molecule has 0 amide bonds. The highest BCUT2D eigenvalue weighted by Crippen LogP contribution is 2.02. The van der Waals surface area contributed by atoms with Crippen molar-refractivity contribution in [1.29, 1.82) is 0 Å². The van der Waals surface area contributed by atoms with Crippen molar-refractivity contribution in [2.75, 3.05) is 6.61 Å². The summed E-state index contributed by atoms with van der Waals surface area (Å²) in [6.45, 7) is -0.760. The van der Waals surface area contributed by atoms with Crippen LogP contribution in [0.3, 0.4) is 0 Å². The van der Waals surface area contributed by atoms with Crippen molar-refractivity contribution < 1.29 is 30.3 Å². The monoisotopic (exact) mass is 180 g/mol. The maximum Gasteiger partial charge on any atom is 0.151 e. The van der Waals surface area contributed by atoms with E-state index in [1.165, 1.54) is 0 Å². The van der Waals surface area contributed by atoms with Gasteiger partial charge in [0, 0.05) is 0 Å². The van der Waals surface area contributed by atoms with E-state index < -0.39 is 31.0 Å². The van der Waals surface area contributed by atoms with Crippen LogP contribution < -0.4 is 0 Å². The van der Waals surface area contributed by atoms with Gasteiger partial charge in [-0.2, -0.15) is 0 Å². The molecule has 6 heteroatoms. The van der Waals surface area contributed by atoms with Crippen molar-refractivity contribution in [3.8, 4) is 0 Å². The van der Waals surface area contributed by atoms with Crippen LogP contribution in [0.25, 0.3) is 0 Å². The second-order valence-corrected chi connectivity index (χ2v) is 2.36. The molecular weight excluding hydrogens is 168 g/mol. The Kier molecular flexibility index (Phi) is 4.95. The summed E-state index contributed by atoms with van der Waals surface area (Å²) in [7, 11) is 0. The highest BCUT2D eigenvalue weighted by molar-refractivity contribution is 5.56. The van der Waals surface area contributed by atoms with Crippen LogP contribution in [0.1, 0.15) is 0 Å². The summed E-state index contributed by atoms with van der Waals surface area (Å²) >= 11 is 0. The van der Waals surface area contributed by atoms with E-state index in [2.05, 4.69) is 0 Å². The SMILES string of the molecule is O=C[C@@H](O)C(O)C(O)C(O)CO. The largest absolute Gasteiger partial charge is 0.394 e. The number of aliphatic hydroxyl groups excluding tert-OH is 5. The maximum atomic E-state index is 9.90. The van der Waals surface area contributed by atoms with E-state index in [0.29, 0.717) is 0 Å². The van der Waals surface area contributed by atoms with Gasteiger partial charge in [-0.1, -0.05) is 0 Å². The van der Waals surface area contributed by atoms with E-state index in [4.69, 9.17) is 25.5 Å². The summed E-state index contributed by atoms with van der Waals surface area (Å²) in [5.41, 5.74) is 0. The summed E-state index contributed by atoms with van der Waals surface area (Å²) in [4.78, 5) is 9.90. The first kappa shape index (κ1) is 11.5. The van der Waals surface area contributed by atoms with E-state index in [1.54, 1.807) is 0 Å². The quantitative estimate of drug-likeness (QED) is 0.282. The Morgan fingerprint density at radius 3 is 1.92 bits per heavy atom. The number of aliphatic hydroxyl groups is 5. The number of carbonyl (C=O) groups is 1. The maximum absolute atomic E-state index is 9.90. The summed E-state index contributed by atoms with van der Waals surface area (Å²) in [6.07, 6.45) is -6.84. The van der Waals surface area contributed by atoms with Crippen molar-refractivity contribution in [1.82, 2.24) is 0 Å². The van der Waals surface area contributed by atoms with Gasteiger partial charge in [0.15, 0.2) is 6.29 Å². The Hall–Kier alpha value is -0.530. The predicted molar refractivity (Wildman–Crippen MR) is 37.2 cm³/mol. The van der Waals surface area contributed by atoms with Gasteiger partial charge in [-0.05, 0) is 0 Å². The van der Waals surface area contributed by atoms with Crippen LogP contribution in [-0.4, -0.2) is 62.8 Å². The first-order valence-corrected chi connectivity index (χ1v) is 3.33. The number of carbonyl (C=O) groups excluding carboxylic acids is 1. The Morgan fingerprint density at radius 2 is 1.58 bits per heavy atom. The molecule has 12 heavy (non-hydrogen) atoms. The lowest BCUT2D eigenvalue weighted by atomic mass is 10.0. The van der Waals surface area contributed by atoms with Crippen LogP contribution >= 0.6 is 0 Å². The number of hydrogen-bond acceptors (Lipinski definition) is 6. The second-order valence-electron chi connectivity index (χ2n) is 2.36. The first-order chi connectivity index (χ1) is 5.54. The van der Waals surface area contributed by atoms with E-state index in [-0.39, 0.29) is 6.29 Å². The topological polar surface area (TPSA) is 118 Å². The van der Waals surface area contributed by atoms with Gasteiger partial charge < -0.3 is 30.3 Å². The van der Waals surface area contributed by atoms with Crippen molar-refractivity contribution in [2.24, 2.45) is 0 Å². The van der Waals surface area contributed by atoms with Gasteiger partial charge in [0.2, 0.25) is 0 Å². The number of rotatable bonds is 5. The Labute approximate surface area is 68.7 Å². The standard InChI is InChI=1S/C6H12O6/c7-1-3(9)5(11)6(12)4(10)2-8/h1,3-6,8-12H,2H2/t3-,4?,5?,6?/m1/s1. The van der Waals surface area contributed by atoms with E-state index >= 15 is 0 Å². The molecule has 0 aliphatic rings. The molecule has 72 valence electrons. The molecule has 0 aromatic heterocycles. The van der Waals surface area contributed by atoms with Crippen LogP contribution in [0.4, 0.5) is 0 Å². The van der Waals surface area contributed by atoms with Crippen LogP contribution in [0.2, 0.25) is 0 Å². The van der Waals surface area contributed by atoms with Gasteiger partial charge in [0.1, 0.15) is 24.4 Å². The molecule has 0 fully saturated rings. The number of aldehydes is 1. The van der Waals surface area contributed by atoms with Gasteiger partial charge in [-0.15, -0.1) is 0 Å². The van der Waals surface area contributed by atoms with E-state index in [9.17, 15) is 4.79 Å². The average Bonchev–Trinajstić information content (AvgIpc) is 2.12. The van der Waals surface area contributed by atoms with Gasteiger partial charge in [-0.25, -0.2) is 0 Å². The lowest BCUT2D eigenvalue weighted by Crippen LogP contribution is -2.46. The normalized spacial score (nSPS) is 21.1. The molecule has 0 aromatic rings.